The largest absolute Gasteiger partial charge is 0.598 e. The van der Waals surface area contributed by atoms with Gasteiger partial charge in [0.15, 0.2) is 0 Å². The summed E-state index contributed by atoms with van der Waals surface area (Å²) in [6, 6.07) is 7.71. The second kappa shape index (κ2) is 8.48. The zero-order chi connectivity index (χ0) is 20.5. The van der Waals surface area contributed by atoms with Gasteiger partial charge in [-0.05, 0) is 63.3 Å². The van der Waals surface area contributed by atoms with Gasteiger partial charge in [-0.1, -0.05) is 25.7 Å². The molecule has 28 heavy (non-hydrogen) atoms. The SMILES string of the molecule is CC(C)(C)[S+]([O-])N[C@@H](c1ccc2c(c1)ncn2COCC[Si](C)(C)C)C1CC1. The number of hydrogen-bond donors (Lipinski definition) is 1. The molecule has 1 N–H and O–H groups in total. The Kier molecular flexibility index (Phi) is 6.61. The molecule has 0 spiro atoms. The number of nitrogens with one attached hydrogen (secondary N) is 1. The second-order valence-electron chi connectivity index (χ2n) is 10.1. The van der Waals surface area contributed by atoms with Crippen molar-refractivity contribution in [3.63, 3.8) is 0 Å². The van der Waals surface area contributed by atoms with Crippen LogP contribution >= 0.6 is 0 Å². The van der Waals surface area contributed by atoms with Crippen LogP contribution in [0.3, 0.4) is 0 Å². The van der Waals surface area contributed by atoms with Crippen LogP contribution in [0.25, 0.3) is 11.0 Å². The molecule has 0 radical (unpaired) electrons. The van der Waals surface area contributed by atoms with Crippen LogP contribution < -0.4 is 4.72 Å². The Bertz CT molecular complexity index is 793. The van der Waals surface area contributed by atoms with E-state index in [4.69, 9.17) is 4.74 Å². The Morgan fingerprint density at radius 1 is 1.32 bits per heavy atom. The van der Waals surface area contributed by atoms with Gasteiger partial charge >= 0.3 is 0 Å². The van der Waals surface area contributed by atoms with Crippen LogP contribution in [0.2, 0.25) is 25.7 Å². The molecule has 1 aromatic carbocycles. The summed E-state index contributed by atoms with van der Waals surface area (Å²) in [4.78, 5) is 4.58. The van der Waals surface area contributed by atoms with E-state index in [2.05, 4.69) is 52.1 Å². The van der Waals surface area contributed by atoms with Crippen molar-refractivity contribution in [3.05, 3.63) is 30.1 Å². The maximum Gasteiger partial charge on any atom is 0.136 e. The lowest BCUT2D eigenvalue weighted by atomic mass is 10.0. The summed E-state index contributed by atoms with van der Waals surface area (Å²) in [6.07, 6.45) is 4.24. The highest BCUT2D eigenvalue weighted by Crippen LogP contribution is 2.42. The third-order valence-electron chi connectivity index (χ3n) is 5.11. The van der Waals surface area contributed by atoms with E-state index in [1.54, 1.807) is 0 Å². The summed E-state index contributed by atoms with van der Waals surface area (Å²) in [6.45, 7) is 14.5. The number of benzene rings is 1. The van der Waals surface area contributed by atoms with Gasteiger partial charge in [0, 0.05) is 26.0 Å². The highest BCUT2D eigenvalue weighted by atomic mass is 32.2. The molecule has 3 rings (SSSR count). The van der Waals surface area contributed by atoms with E-state index in [9.17, 15) is 4.55 Å². The maximum atomic E-state index is 12.6. The number of fused-ring (bicyclic) bond motifs is 1. The monoisotopic (exact) mass is 421 g/mol. The molecule has 1 heterocycles. The third kappa shape index (κ3) is 5.83. The molecule has 156 valence electrons. The highest BCUT2D eigenvalue weighted by molar-refractivity contribution is 7.90. The average Bonchev–Trinajstić information content (AvgIpc) is 3.35. The highest BCUT2D eigenvalue weighted by Gasteiger charge is 2.38. The Balaban J connectivity index is 1.70. The fourth-order valence-corrected chi connectivity index (χ4v) is 4.75. The Labute approximate surface area is 173 Å². The number of aromatic nitrogens is 2. The van der Waals surface area contributed by atoms with Crippen LogP contribution in [0.15, 0.2) is 24.5 Å². The standard InChI is InChI=1S/C21H35N3O2SSi/c1-21(2,3)27(25)23-20(16-7-8-16)17-9-10-19-18(13-17)22-14-24(19)15-26-11-12-28(4,5)6/h9-10,13-14,16,20,23H,7-8,11-12,15H2,1-6H3/t20-,27?/m1/s1. The fourth-order valence-electron chi connectivity index (χ4n) is 3.08. The summed E-state index contributed by atoms with van der Waals surface area (Å²) >= 11 is -1.08. The summed E-state index contributed by atoms with van der Waals surface area (Å²) in [7, 11) is -1.07. The van der Waals surface area contributed by atoms with Gasteiger partial charge in [-0.25, -0.2) is 4.98 Å². The van der Waals surface area contributed by atoms with E-state index in [1.165, 1.54) is 24.4 Å². The zero-order valence-electron chi connectivity index (χ0n) is 18.1. The van der Waals surface area contributed by atoms with Crippen molar-refractivity contribution in [2.75, 3.05) is 6.61 Å². The zero-order valence-corrected chi connectivity index (χ0v) is 19.9. The van der Waals surface area contributed by atoms with Crippen molar-refractivity contribution >= 4 is 30.5 Å². The number of ether oxygens (including phenoxy) is 1. The molecule has 1 aliphatic rings. The van der Waals surface area contributed by atoms with Crippen LogP contribution in [0, 0.1) is 5.92 Å². The number of imidazole rings is 1. The lowest BCUT2D eigenvalue weighted by molar-refractivity contribution is 0.0898. The van der Waals surface area contributed by atoms with Crippen molar-refractivity contribution in [2.24, 2.45) is 5.92 Å². The molecule has 2 aromatic rings. The first-order valence-electron chi connectivity index (χ1n) is 10.3. The van der Waals surface area contributed by atoms with Crippen molar-refractivity contribution < 1.29 is 9.29 Å². The van der Waals surface area contributed by atoms with E-state index in [0.717, 1.165) is 17.6 Å². The topological polar surface area (TPSA) is 62.1 Å². The van der Waals surface area contributed by atoms with E-state index >= 15 is 0 Å². The summed E-state index contributed by atoms with van der Waals surface area (Å²) in [5, 5.41) is 0. The first kappa shape index (κ1) is 21.8. The molecule has 1 aromatic heterocycles. The molecule has 1 fully saturated rings. The average molecular weight is 422 g/mol. The normalized spacial score (nSPS) is 17.8. The van der Waals surface area contributed by atoms with E-state index in [0.29, 0.717) is 12.6 Å². The second-order valence-corrected chi connectivity index (χ2v) is 17.7. The van der Waals surface area contributed by atoms with Crippen LogP contribution in [0.5, 0.6) is 0 Å². The van der Waals surface area contributed by atoms with Gasteiger partial charge in [0.05, 0.1) is 23.4 Å². The molecule has 0 aliphatic heterocycles. The smallest absolute Gasteiger partial charge is 0.136 e. The lowest BCUT2D eigenvalue weighted by Crippen LogP contribution is -2.41. The van der Waals surface area contributed by atoms with Gasteiger partial charge in [-0.15, -0.1) is 4.72 Å². The molecule has 2 atom stereocenters. The minimum atomic E-state index is -1.08. The predicted molar refractivity (Wildman–Crippen MR) is 120 cm³/mol. The van der Waals surface area contributed by atoms with Gasteiger partial charge < -0.3 is 13.9 Å². The van der Waals surface area contributed by atoms with Crippen molar-refractivity contribution in [3.8, 4) is 0 Å². The molecule has 0 amide bonds. The maximum absolute atomic E-state index is 12.6. The molecule has 1 aliphatic carbocycles. The summed E-state index contributed by atoms with van der Waals surface area (Å²) < 4.78 is 23.7. The van der Waals surface area contributed by atoms with Crippen molar-refractivity contribution in [1.82, 2.24) is 14.3 Å². The first-order chi connectivity index (χ1) is 13.0. The lowest BCUT2D eigenvalue weighted by Gasteiger charge is -2.28. The van der Waals surface area contributed by atoms with Gasteiger partial charge in [-0.3, -0.25) is 0 Å². The van der Waals surface area contributed by atoms with Crippen LogP contribution in [0.4, 0.5) is 0 Å². The Morgan fingerprint density at radius 3 is 2.64 bits per heavy atom. The molecule has 1 saturated carbocycles. The fraction of sp³-hybridized carbons (Fsp3) is 0.667. The van der Waals surface area contributed by atoms with Crippen LogP contribution in [-0.2, 0) is 22.8 Å². The molecule has 5 nitrogen and oxygen atoms in total. The van der Waals surface area contributed by atoms with Gasteiger partial charge in [0.2, 0.25) is 0 Å². The summed E-state index contributed by atoms with van der Waals surface area (Å²) in [5.74, 6) is 0.565. The van der Waals surface area contributed by atoms with Gasteiger partial charge in [0.1, 0.15) is 11.5 Å². The molecular formula is C21H35N3O2SSi. The van der Waals surface area contributed by atoms with E-state index in [-0.39, 0.29) is 10.8 Å². The minimum Gasteiger partial charge on any atom is -0.598 e. The van der Waals surface area contributed by atoms with E-state index < -0.39 is 19.4 Å². The Morgan fingerprint density at radius 2 is 2.04 bits per heavy atom. The van der Waals surface area contributed by atoms with Crippen LogP contribution in [0.1, 0.15) is 45.2 Å². The first-order valence-corrected chi connectivity index (χ1v) is 15.1. The number of hydrogen-bond acceptors (Lipinski definition) is 4. The summed E-state index contributed by atoms with van der Waals surface area (Å²) in [5.41, 5.74) is 3.24. The molecular weight excluding hydrogens is 386 g/mol. The van der Waals surface area contributed by atoms with Gasteiger partial charge in [-0.2, -0.15) is 0 Å². The van der Waals surface area contributed by atoms with E-state index in [1.807, 2.05) is 27.1 Å². The quantitative estimate of drug-likeness (QED) is 0.357. The minimum absolute atomic E-state index is 0.127. The molecule has 0 bridgehead atoms. The molecule has 1 unspecified atom stereocenters. The Hall–Kier alpha value is -0.863. The van der Waals surface area contributed by atoms with Crippen molar-refractivity contribution in [1.29, 1.82) is 0 Å². The number of rotatable bonds is 9. The number of nitrogens with zero attached hydrogens (tertiary/aromatic N) is 2. The van der Waals surface area contributed by atoms with Gasteiger partial charge in [0.25, 0.3) is 0 Å². The molecule has 0 saturated heterocycles. The predicted octanol–water partition coefficient (Wildman–Crippen LogP) is 4.85. The van der Waals surface area contributed by atoms with Crippen LogP contribution in [-0.4, -0.2) is 33.5 Å². The molecule has 7 heteroatoms. The third-order valence-corrected chi connectivity index (χ3v) is 8.40. The van der Waals surface area contributed by atoms with Crippen molar-refractivity contribution in [2.45, 2.75) is 76.8 Å².